The Bertz CT molecular complexity index is 668. The predicted molar refractivity (Wildman–Crippen MR) is 84.1 cm³/mol. The van der Waals surface area contributed by atoms with E-state index in [4.69, 9.17) is 0 Å². The van der Waals surface area contributed by atoms with Gasteiger partial charge in [0.15, 0.2) is 0 Å². The van der Waals surface area contributed by atoms with Gasteiger partial charge in [0, 0.05) is 12.6 Å². The van der Waals surface area contributed by atoms with Crippen molar-refractivity contribution in [3.8, 4) is 5.69 Å². The van der Waals surface area contributed by atoms with Crippen molar-refractivity contribution in [1.82, 2.24) is 14.7 Å². The Morgan fingerprint density at radius 2 is 2.23 bits per heavy atom. The number of hydrogen-bond acceptors (Lipinski definition) is 3. The summed E-state index contributed by atoms with van der Waals surface area (Å²) in [5, 5.41) is 16.5. The van der Waals surface area contributed by atoms with Crippen LogP contribution in [0.15, 0.2) is 36.5 Å². The van der Waals surface area contributed by atoms with Gasteiger partial charge in [-0.15, -0.1) is 0 Å². The molecule has 0 radical (unpaired) electrons. The summed E-state index contributed by atoms with van der Waals surface area (Å²) in [4.78, 5) is 14.1. The van der Waals surface area contributed by atoms with Crippen LogP contribution in [0, 0.1) is 6.92 Å². The van der Waals surface area contributed by atoms with E-state index in [-0.39, 0.29) is 18.7 Å². The zero-order valence-corrected chi connectivity index (χ0v) is 12.6. The van der Waals surface area contributed by atoms with E-state index in [2.05, 4.69) is 10.4 Å². The number of carbonyl (C=O) groups excluding carboxylic acids is 1. The van der Waals surface area contributed by atoms with E-state index in [1.165, 1.54) is 0 Å². The van der Waals surface area contributed by atoms with Gasteiger partial charge >= 0.3 is 6.03 Å². The number of anilines is 1. The third-order valence-electron chi connectivity index (χ3n) is 4.07. The second kappa shape index (κ2) is 6.19. The van der Waals surface area contributed by atoms with Crippen LogP contribution < -0.4 is 5.32 Å². The molecule has 1 aliphatic rings. The van der Waals surface area contributed by atoms with Crippen LogP contribution in [-0.4, -0.2) is 45.0 Å². The number of aliphatic hydroxyl groups is 1. The maximum Gasteiger partial charge on any atom is 0.323 e. The summed E-state index contributed by atoms with van der Waals surface area (Å²) in [5.74, 6) is 0.628. The molecular formula is C16H20N4O2. The van der Waals surface area contributed by atoms with Crippen molar-refractivity contribution in [3.05, 3.63) is 42.1 Å². The van der Waals surface area contributed by atoms with Gasteiger partial charge in [0.2, 0.25) is 0 Å². The number of nitrogens with one attached hydrogen (secondary N) is 1. The quantitative estimate of drug-likeness (QED) is 0.912. The van der Waals surface area contributed by atoms with Crippen molar-refractivity contribution in [2.75, 3.05) is 18.5 Å². The Morgan fingerprint density at radius 1 is 1.41 bits per heavy atom. The SMILES string of the molecule is Cc1ccccc1-n1nccc1NC(=O)N1CCC[C@@H]1CO. The number of likely N-dealkylation sites (tertiary alicyclic amines) is 1. The fraction of sp³-hybridized carbons (Fsp3) is 0.375. The summed E-state index contributed by atoms with van der Waals surface area (Å²) in [6.45, 7) is 2.69. The van der Waals surface area contributed by atoms with Crippen LogP contribution in [-0.2, 0) is 0 Å². The summed E-state index contributed by atoms with van der Waals surface area (Å²) in [5.41, 5.74) is 2.01. The summed E-state index contributed by atoms with van der Waals surface area (Å²) in [6, 6.07) is 9.37. The van der Waals surface area contributed by atoms with E-state index < -0.39 is 0 Å². The van der Waals surface area contributed by atoms with Crippen LogP contribution >= 0.6 is 0 Å². The molecule has 2 amide bonds. The van der Waals surface area contributed by atoms with Crippen molar-refractivity contribution < 1.29 is 9.90 Å². The second-order valence-corrected chi connectivity index (χ2v) is 5.52. The molecular weight excluding hydrogens is 280 g/mol. The van der Waals surface area contributed by atoms with Gasteiger partial charge in [-0.2, -0.15) is 5.10 Å². The third kappa shape index (κ3) is 2.69. The van der Waals surface area contributed by atoms with Crippen LogP contribution in [0.4, 0.5) is 10.6 Å². The number of rotatable bonds is 3. The van der Waals surface area contributed by atoms with Gasteiger partial charge in [-0.1, -0.05) is 18.2 Å². The highest BCUT2D eigenvalue weighted by Crippen LogP contribution is 2.21. The molecule has 1 saturated heterocycles. The topological polar surface area (TPSA) is 70.4 Å². The van der Waals surface area contributed by atoms with Gasteiger partial charge in [-0.25, -0.2) is 9.48 Å². The van der Waals surface area contributed by atoms with E-state index in [9.17, 15) is 9.90 Å². The van der Waals surface area contributed by atoms with Gasteiger partial charge in [0.25, 0.3) is 0 Å². The minimum absolute atomic E-state index is 0.00444. The van der Waals surface area contributed by atoms with Crippen molar-refractivity contribution in [3.63, 3.8) is 0 Å². The fourth-order valence-corrected chi connectivity index (χ4v) is 2.87. The Kier molecular flexibility index (Phi) is 4.11. The fourth-order valence-electron chi connectivity index (χ4n) is 2.87. The lowest BCUT2D eigenvalue weighted by molar-refractivity contribution is 0.166. The molecule has 116 valence electrons. The number of hydrogen-bond donors (Lipinski definition) is 2. The van der Waals surface area contributed by atoms with Gasteiger partial charge in [0.1, 0.15) is 5.82 Å². The monoisotopic (exact) mass is 300 g/mol. The number of carbonyl (C=O) groups is 1. The first kappa shape index (κ1) is 14.6. The highest BCUT2D eigenvalue weighted by molar-refractivity contribution is 5.89. The van der Waals surface area contributed by atoms with E-state index >= 15 is 0 Å². The first-order chi connectivity index (χ1) is 10.7. The number of aromatic nitrogens is 2. The molecule has 3 rings (SSSR count). The number of nitrogens with zero attached hydrogens (tertiary/aromatic N) is 3. The number of urea groups is 1. The molecule has 2 aromatic rings. The molecule has 1 aromatic carbocycles. The highest BCUT2D eigenvalue weighted by Gasteiger charge is 2.28. The van der Waals surface area contributed by atoms with Crippen LogP contribution in [0.5, 0.6) is 0 Å². The number of aryl methyl sites for hydroxylation is 1. The van der Waals surface area contributed by atoms with Crippen molar-refractivity contribution in [2.45, 2.75) is 25.8 Å². The lowest BCUT2D eigenvalue weighted by atomic mass is 10.2. The van der Waals surface area contributed by atoms with Crippen molar-refractivity contribution >= 4 is 11.8 Å². The number of para-hydroxylation sites is 1. The second-order valence-electron chi connectivity index (χ2n) is 5.52. The van der Waals surface area contributed by atoms with Crippen LogP contribution in [0.3, 0.4) is 0 Å². The number of amides is 2. The van der Waals surface area contributed by atoms with Crippen molar-refractivity contribution in [2.24, 2.45) is 0 Å². The van der Waals surface area contributed by atoms with Crippen molar-refractivity contribution in [1.29, 1.82) is 0 Å². The maximum absolute atomic E-state index is 12.4. The summed E-state index contributed by atoms with van der Waals surface area (Å²) in [7, 11) is 0. The Balaban J connectivity index is 1.81. The summed E-state index contributed by atoms with van der Waals surface area (Å²) in [6.07, 6.45) is 3.44. The first-order valence-corrected chi connectivity index (χ1v) is 7.49. The van der Waals surface area contributed by atoms with Gasteiger partial charge in [-0.3, -0.25) is 5.32 Å². The molecule has 1 fully saturated rings. The van der Waals surface area contributed by atoms with Gasteiger partial charge < -0.3 is 10.0 Å². The molecule has 0 unspecified atom stereocenters. The van der Waals surface area contributed by atoms with E-state index in [1.807, 2.05) is 31.2 Å². The Hall–Kier alpha value is -2.34. The molecule has 0 saturated carbocycles. The lowest BCUT2D eigenvalue weighted by Crippen LogP contribution is -2.40. The van der Waals surface area contributed by atoms with Crippen LogP contribution in [0.25, 0.3) is 5.69 Å². The zero-order valence-electron chi connectivity index (χ0n) is 12.6. The van der Waals surface area contributed by atoms with Gasteiger partial charge in [-0.05, 0) is 31.4 Å². The minimum atomic E-state index is -0.188. The molecule has 0 spiro atoms. The first-order valence-electron chi connectivity index (χ1n) is 7.49. The maximum atomic E-state index is 12.4. The molecule has 1 atom stereocenters. The van der Waals surface area contributed by atoms with Gasteiger partial charge in [0.05, 0.1) is 24.5 Å². The largest absolute Gasteiger partial charge is 0.394 e. The molecule has 2 N–H and O–H groups in total. The molecule has 0 aliphatic carbocycles. The molecule has 6 heteroatoms. The Morgan fingerprint density at radius 3 is 3.00 bits per heavy atom. The molecule has 22 heavy (non-hydrogen) atoms. The normalized spacial score (nSPS) is 17.7. The summed E-state index contributed by atoms with van der Waals surface area (Å²) >= 11 is 0. The third-order valence-corrected chi connectivity index (χ3v) is 4.07. The smallest absolute Gasteiger partial charge is 0.323 e. The highest BCUT2D eigenvalue weighted by atomic mass is 16.3. The van der Waals surface area contributed by atoms with E-state index in [1.54, 1.807) is 21.8 Å². The average molecular weight is 300 g/mol. The standard InChI is InChI=1S/C16H20N4O2/c1-12-5-2-3-7-14(12)20-15(8-9-17-20)18-16(22)19-10-4-6-13(19)11-21/h2-3,5,7-9,13,21H,4,6,10-11H2,1H3,(H,18,22)/t13-/m1/s1. The number of benzene rings is 1. The molecule has 1 aromatic heterocycles. The zero-order chi connectivity index (χ0) is 15.5. The molecule has 0 bridgehead atoms. The van der Waals surface area contributed by atoms with E-state index in [0.29, 0.717) is 12.4 Å². The molecule has 6 nitrogen and oxygen atoms in total. The predicted octanol–water partition coefficient (Wildman–Crippen LogP) is 2.17. The summed E-state index contributed by atoms with van der Waals surface area (Å²) < 4.78 is 1.72. The average Bonchev–Trinajstić information content (AvgIpc) is 3.16. The van der Waals surface area contributed by atoms with E-state index in [0.717, 1.165) is 24.1 Å². The minimum Gasteiger partial charge on any atom is -0.394 e. The number of aliphatic hydroxyl groups excluding tert-OH is 1. The Labute approximate surface area is 129 Å². The van der Waals surface area contributed by atoms with Crippen LogP contribution in [0.1, 0.15) is 18.4 Å². The van der Waals surface area contributed by atoms with Crippen LogP contribution in [0.2, 0.25) is 0 Å². The lowest BCUT2D eigenvalue weighted by Gasteiger charge is -2.23. The molecule has 2 heterocycles. The molecule has 1 aliphatic heterocycles.